The van der Waals surface area contributed by atoms with E-state index in [9.17, 15) is 13.2 Å². The van der Waals surface area contributed by atoms with Gasteiger partial charge in [-0.15, -0.1) is 24.0 Å². The topological polar surface area (TPSA) is 27.6 Å². The van der Waals surface area contributed by atoms with Crippen molar-refractivity contribution in [3.63, 3.8) is 0 Å². The lowest BCUT2D eigenvalue weighted by Crippen LogP contribution is -2.39. The van der Waals surface area contributed by atoms with Crippen LogP contribution in [0.25, 0.3) is 0 Å². The van der Waals surface area contributed by atoms with Crippen molar-refractivity contribution in [3.8, 4) is 0 Å². The van der Waals surface area contributed by atoms with E-state index in [0.717, 1.165) is 5.56 Å². The number of nitrogens with zero attached hydrogens (tertiary/aromatic N) is 2. The van der Waals surface area contributed by atoms with Gasteiger partial charge in [-0.05, 0) is 17.7 Å². The second-order valence-electron chi connectivity index (χ2n) is 4.33. The number of nitrogens with one attached hydrogen (secondary N) is 1. The Bertz CT molecular complexity index is 466. The minimum absolute atomic E-state index is 0. The van der Waals surface area contributed by atoms with Gasteiger partial charge in [-0.3, -0.25) is 4.99 Å². The van der Waals surface area contributed by atoms with E-state index in [4.69, 9.17) is 11.6 Å². The van der Waals surface area contributed by atoms with Crippen molar-refractivity contribution in [1.29, 1.82) is 0 Å². The summed E-state index contributed by atoms with van der Waals surface area (Å²) in [6.07, 6.45) is -5.06. The van der Waals surface area contributed by atoms with Gasteiger partial charge in [-0.25, -0.2) is 0 Å². The van der Waals surface area contributed by atoms with E-state index in [1.807, 2.05) is 12.1 Å². The molecule has 0 heterocycles. The van der Waals surface area contributed by atoms with Gasteiger partial charge in [0, 0.05) is 32.2 Å². The van der Waals surface area contributed by atoms with E-state index in [-0.39, 0.29) is 30.5 Å². The summed E-state index contributed by atoms with van der Waals surface area (Å²) in [6.45, 7) is 0.308. The highest BCUT2D eigenvalue weighted by atomic mass is 127. The van der Waals surface area contributed by atoms with Gasteiger partial charge in [-0.2, -0.15) is 13.2 Å². The highest BCUT2D eigenvalue weighted by Gasteiger charge is 2.26. The fraction of sp³-hybridized carbons (Fsp3) is 0.462. The highest BCUT2D eigenvalue weighted by molar-refractivity contribution is 14.0. The molecule has 0 fully saturated rings. The SMILES string of the molecule is CN=C(NCCC(F)(F)F)N(C)Cc1cccc(Cl)c1.I. The Balaban J connectivity index is 0.00000400. The maximum atomic E-state index is 12.1. The zero-order chi connectivity index (χ0) is 15.2. The second-order valence-corrected chi connectivity index (χ2v) is 4.76. The molecule has 1 rings (SSSR count). The first-order valence-corrected chi connectivity index (χ1v) is 6.42. The molecule has 1 aromatic carbocycles. The van der Waals surface area contributed by atoms with Crippen LogP contribution >= 0.6 is 35.6 Å². The van der Waals surface area contributed by atoms with Crippen LogP contribution in [-0.2, 0) is 6.54 Å². The van der Waals surface area contributed by atoms with Gasteiger partial charge in [-0.1, -0.05) is 23.7 Å². The van der Waals surface area contributed by atoms with Gasteiger partial charge < -0.3 is 10.2 Å². The first-order chi connectivity index (χ1) is 9.31. The Hall–Kier alpha value is -0.700. The number of benzene rings is 1. The number of hydrogen-bond acceptors (Lipinski definition) is 1. The van der Waals surface area contributed by atoms with Gasteiger partial charge in [0.1, 0.15) is 0 Å². The summed E-state index contributed by atoms with van der Waals surface area (Å²) in [6, 6.07) is 7.29. The molecule has 3 nitrogen and oxygen atoms in total. The molecule has 1 N–H and O–H groups in total. The van der Waals surface area contributed by atoms with Crippen LogP contribution in [0.1, 0.15) is 12.0 Å². The van der Waals surface area contributed by atoms with Crippen LogP contribution in [0, 0.1) is 0 Å². The Morgan fingerprint density at radius 3 is 2.57 bits per heavy atom. The summed E-state index contributed by atoms with van der Waals surface area (Å²) >= 11 is 5.89. The molecule has 21 heavy (non-hydrogen) atoms. The molecule has 0 spiro atoms. The molecule has 0 saturated heterocycles. The van der Waals surface area contributed by atoms with Crippen LogP contribution in [0.2, 0.25) is 5.02 Å². The van der Waals surface area contributed by atoms with Crippen LogP contribution < -0.4 is 5.32 Å². The standard InChI is InChI=1S/C13H17ClF3N3.HI/c1-18-12(19-7-6-13(15,16)17)20(2)9-10-4-3-5-11(14)8-10;/h3-5,8H,6-7,9H2,1-2H3,(H,18,19);1H. The van der Waals surface area contributed by atoms with E-state index < -0.39 is 12.6 Å². The fourth-order valence-corrected chi connectivity index (χ4v) is 1.90. The molecular formula is C13H18ClF3IN3. The number of aliphatic imine (C=N–C) groups is 1. The van der Waals surface area contributed by atoms with Gasteiger partial charge in [0.25, 0.3) is 0 Å². The van der Waals surface area contributed by atoms with Crippen molar-refractivity contribution < 1.29 is 13.2 Å². The molecule has 0 bridgehead atoms. The third-order valence-electron chi connectivity index (χ3n) is 2.57. The summed E-state index contributed by atoms with van der Waals surface area (Å²) in [5.41, 5.74) is 0.957. The lowest BCUT2D eigenvalue weighted by atomic mass is 10.2. The van der Waals surface area contributed by atoms with Crippen LogP contribution in [-0.4, -0.2) is 37.7 Å². The summed E-state index contributed by atoms with van der Waals surface area (Å²) < 4.78 is 36.3. The van der Waals surface area contributed by atoms with Crippen LogP contribution in [0.3, 0.4) is 0 Å². The molecule has 0 amide bonds. The maximum Gasteiger partial charge on any atom is 0.390 e. The van der Waals surface area contributed by atoms with Crippen molar-refractivity contribution in [2.45, 2.75) is 19.1 Å². The molecule has 0 aliphatic rings. The molecule has 0 atom stereocenters. The summed E-state index contributed by atoms with van der Waals surface area (Å²) in [7, 11) is 3.29. The largest absolute Gasteiger partial charge is 0.390 e. The fourth-order valence-electron chi connectivity index (χ4n) is 1.68. The average Bonchev–Trinajstić information content (AvgIpc) is 2.33. The van der Waals surface area contributed by atoms with Gasteiger partial charge in [0.05, 0.1) is 6.42 Å². The molecule has 0 aliphatic carbocycles. The van der Waals surface area contributed by atoms with Gasteiger partial charge in [0.2, 0.25) is 0 Å². The second kappa shape index (κ2) is 9.34. The number of halogens is 5. The van der Waals surface area contributed by atoms with Crippen molar-refractivity contribution in [2.24, 2.45) is 4.99 Å². The van der Waals surface area contributed by atoms with Gasteiger partial charge in [0.15, 0.2) is 5.96 Å². The maximum absolute atomic E-state index is 12.1. The van der Waals surface area contributed by atoms with E-state index in [1.165, 1.54) is 7.05 Å². The molecule has 0 aromatic heterocycles. The smallest absolute Gasteiger partial charge is 0.356 e. The monoisotopic (exact) mass is 435 g/mol. The molecule has 120 valence electrons. The molecule has 8 heteroatoms. The first kappa shape index (κ1) is 20.3. The summed E-state index contributed by atoms with van der Waals surface area (Å²) in [5.74, 6) is 0.411. The lowest BCUT2D eigenvalue weighted by Gasteiger charge is -2.22. The molecule has 0 aliphatic heterocycles. The Morgan fingerprint density at radius 2 is 2.05 bits per heavy atom. The average molecular weight is 436 g/mol. The number of guanidine groups is 1. The predicted molar refractivity (Wildman–Crippen MR) is 90.4 cm³/mol. The Morgan fingerprint density at radius 1 is 1.38 bits per heavy atom. The predicted octanol–water partition coefficient (Wildman–Crippen LogP) is 3.92. The Kier molecular flexibility index (Phi) is 9.03. The molecule has 1 aromatic rings. The molecule has 0 saturated carbocycles. The van der Waals surface area contributed by atoms with E-state index in [0.29, 0.717) is 17.5 Å². The number of rotatable bonds is 4. The third-order valence-corrected chi connectivity index (χ3v) is 2.81. The summed E-state index contributed by atoms with van der Waals surface area (Å²) in [5, 5.41) is 3.30. The van der Waals surface area contributed by atoms with Crippen LogP contribution in [0.4, 0.5) is 13.2 Å². The van der Waals surface area contributed by atoms with Crippen LogP contribution in [0.5, 0.6) is 0 Å². The molecule has 0 unspecified atom stereocenters. The quantitative estimate of drug-likeness (QED) is 0.441. The minimum atomic E-state index is -4.17. The van der Waals surface area contributed by atoms with Crippen molar-refractivity contribution in [2.75, 3.05) is 20.6 Å². The molecule has 0 radical (unpaired) electrons. The zero-order valence-corrected chi connectivity index (χ0v) is 14.8. The Labute approximate surface area is 144 Å². The summed E-state index contributed by atoms with van der Waals surface area (Å²) in [4.78, 5) is 5.70. The number of hydrogen-bond donors (Lipinski definition) is 1. The third kappa shape index (κ3) is 8.35. The van der Waals surface area contributed by atoms with E-state index in [2.05, 4.69) is 10.3 Å². The van der Waals surface area contributed by atoms with E-state index in [1.54, 1.807) is 24.1 Å². The normalized spacial score (nSPS) is 11.8. The van der Waals surface area contributed by atoms with Crippen molar-refractivity contribution in [1.82, 2.24) is 10.2 Å². The van der Waals surface area contributed by atoms with Crippen molar-refractivity contribution in [3.05, 3.63) is 34.9 Å². The first-order valence-electron chi connectivity index (χ1n) is 6.05. The lowest BCUT2D eigenvalue weighted by molar-refractivity contribution is -0.132. The van der Waals surface area contributed by atoms with E-state index >= 15 is 0 Å². The molecular weight excluding hydrogens is 418 g/mol. The van der Waals surface area contributed by atoms with Gasteiger partial charge >= 0.3 is 6.18 Å². The zero-order valence-electron chi connectivity index (χ0n) is 11.7. The minimum Gasteiger partial charge on any atom is -0.356 e. The van der Waals surface area contributed by atoms with Crippen molar-refractivity contribution >= 4 is 41.5 Å². The highest BCUT2D eigenvalue weighted by Crippen LogP contribution is 2.18. The van der Waals surface area contributed by atoms with Crippen LogP contribution in [0.15, 0.2) is 29.3 Å². The number of alkyl halides is 3.